The molecule has 1 unspecified atom stereocenters. The van der Waals surface area contributed by atoms with Crippen molar-refractivity contribution >= 4 is 11.6 Å². The van der Waals surface area contributed by atoms with Crippen LogP contribution in [-0.2, 0) is 9.53 Å². The first-order valence-corrected chi connectivity index (χ1v) is 6.62. The minimum absolute atomic E-state index is 0.0314. The Labute approximate surface area is 115 Å². The summed E-state index contributed by atoms with van der Waals surface area (Å²) in [5, 5.41) is 6.13. The summed E-state index contributed by atoms with van der Waals surface area (Å²) in [5.41, 5.74) is 1.93. The number of hydrogen-bond donors (Lipinski definition) is 2. The van der Waals surface area contributed by atoms with Crippen molar-refractivity contribution < 1.29 is 9.53 Å². The van der Waals surface area contributed by atoms with E-state index in [0.717, 1.165) is 11.3 Å². The van der Waals surface area contributed by atoms with Gasteiger partial charge in [0.15, 0.2) is 0 Å². The summed E-state index contributed by atoms with van der Waals surface area (Å²) in [4.78, 5) is 11.9. The summed E-state index contributed by atoms with van der Waals surface area (Å²) in [6.45, 7) is 7.09. The van der Waals surface area contributed by atoms with Crippen molar-refractivity contribution in [3.05, 3.63) is 29.8 Å². The molecule has 0 saturated carbocycles. The Balaban J connectivity index is 2.45. The lowest BCUT2D eigenvalue weighted by molar-refractivity contribution is -0.115. The molecule has 0 aliphatic heterocycles. The van der Waals surface area contributed by atoms with Gasteiger partial charge in [-0.15, -0.1) is 0 Å². The second-order valence-corrected chi connectivity index (χ2v) is 5.05. The molecule has 106 valence electrons. The van der Waals surface area contributed by atoms with E-state index >= 15 is 0 Å². The lowest BCUT2D eigenvalue weighted by atomic mass is 10.1. The fraction of sp³-hybridized carbons (Fsp3) is 0.533. The molecular formula is C15H24N2O2. The highest BCUT2D eigenvalue weighted by Crippen LogP contribution is 2.12. The Morgan fingerprint density at radius 1 is 1.32 bits per heavy atom. The topological polar surface area (TPSA) is 50.4 Å². The molecule has 0 radical (unpaired) electrons. The van der Waals surface area contributed by atoms with Gasteiger partial charge in [-0.1, -0.05) is 32.0 Å². The SMILES string of the molecule is COCC(NCC(=O)Nc1ccccc1C)C(C)C. The third kappa shape index (κ3) is 5.41. The van der Waals surface area contributed by atoms with Gasteiger partial charge >= 0.3 is 0 Å². The lowest BCUT2D eigenvalue weighted by Gasteiger charge is -2.21. The molecule has 19 heavy (non-hydrogen) atoms. The number of para-hydroxylation sites is 1. The first-order chi connectivity index (χ1) is 9.04. The summed E-state index contributed by atoms with van der Waals surface area (Å²) >= 11 is 0. The molecule has 1 atom stereocenters. The van der Waals surface area contributed by atoms with Gasteiger partial charge in [0, 0.05) is 18.8 Å². The molecular weight excluding hydrogens is 240 g/mol. The maximum absolute atomic E-state index is 11.9. The van der Waals surface area contributed by atoms with Crippen LogP contribution in [0.1, 0.15) is 19.4 Å². The van der Waals surface area contributed by atoms with Gasteiger partial charge in [-0.05, 0) is 24.5 Å². The van der Waals surface area contributed by atoms with Gasteiger partial charge in [0.2, 0.25) is 5.91 Å². The van der Waals surface area contributed by atoms with E-state index in [4.69, 9.17) is 4.74 Å². The minimum Gasteiger partial charge on any atom is -0.383 e. The second kappa shape index (κ2) is 7.92. The number of carbonyl (C=O) groups is 1. The number of anilines is 1. The van der Waals surface area contributed by atoms with Crippen molar-refractivity contribution in [3.63, 3.8) is 0 Å². The van der Waals surface area contributed by atoms with Gasteiger partial charge in [-0.3, -0.25) is 4.79 Å². The van der Waals surface area contributed by atoms with Crippen LogP contribution in [-0.4, -0.2) is 32.2 Å². The van der Waals surface area contributed by atoms with Crippen molar-refractivity contribution in [1.82, 2.24) is 5.32 Å². The average Bonchev–Trinajstić information content (AvgIpc) is 2.37. The Hall–Kier alpha value is -1.39. The second-order valence-electron chi connectivity index (χ2n) is 5.05. The number of benzene rings is 1. The van der Waals surface area contributed by atoms with Crippen LogP contribution in [0.4, 0.5) is 5.69 Å². The quantitative estimate of drug-likeness (QED) is 0.793. The zero-order valence-electron chi connectivity index (χ0n) is 12.2. The van der Waals surface area contributed by atoms with Crippen LogP contribution in [0.15, 0.2) is 24.3 Å². The Kier molecular flexibility index (Phi) is 6.53. The van der Waals surface area contributed by atoms with Crippen molar-refractivity contribution in [1.29, 1.82) is 0 Å². The van der Waals surface area contributed by atoms with E-state index in [1.807, 2.05) is 31.2 Å². The predicted molar refractivity (Wildman–Crippen MR) is 78.3 cm³/mol. The molecule has 1 aromatic rings. The number of nitrogens with one attached hydrogen (secondary N) is 2. The van der Waals surface area contributed by atoms with Crippen LogP contribution in [0, 0.1) is 12.8 Å². The molecule has 0 aromatic heterocycles. The molecule has 0 spiro atoms. The van der Waals surface area contributed by atoms with E-state index in [0.29, 0.717) is 19.1 Å². The molecule has 4 heteroatoms. The first kappa shape index (κ1) is 15.7. The third-order valence-corrected chi connectivity index (χ3v) is 3.09. The number of aryl methyl sites for hydroxylation is 1. The van der Waals surface area contributed by atoms with Gasteiger partial charge in [-0.2, -0.15) is 0 Å². The molecule has 0 fully saturated rings. The summed E-state index contributed by atoms with van der Waals surface area (Å²) in [5.74, 6) is 0.391. The average molecular weight is 264 g/mol. The summed E-state index contributed by atoms with van der Waals surface area (Å²) in [6, 6.07) is 7.94. The zero-order valence-corrected chi connectivity index (χ0v) is 12.2. The van der Waals surface area contributed by atoms with Crippen LogP contribution < -0.4 is 10.6 Å². The van der Waals surface area contributed by atoms with Crippen LogP contribution in [0.3, 0.4) is 0 Å². The molecule has 0 heterocycles. The van der Waals surface area contributed by atoms with Gasteiger partial charge in [-0.25, -0.2) is 0 Å². The molecule has 1 aromatic carbocycles. The minimum atomic E-state index is -0.0314. The standard InChI is InChI=1S/C15H24N2O2/c1-11(2)14(10-19-4)16-9-15(18)17-13-8-6-5-7-12(13)3/h5-8,11,14,16H,9-10H2,1-4H3,(H,17,18). The maximum Gasteiger partial charge on any atom is 0.238 e. The molecule has 0 aliphatic rings. The van der Waals surface area contributed by atoms with Gasteiger partial charge in [0.1, 0.15) is 0 Å². The fourth-order valence-electron chi connectivity index (χ4n) is 1.80. The molecule has 2 N–H and O–H groups in total. The lowest BCUT2D eigenvalue weighted by Crippen LogP contribution is -2.42. The van der Waals surface area contributed by atoms with E-state index in [2.05, 4.69) is 24.5 Å². The number of ether oxygens (including phenoxy) is 1. The molecule has 1 rings (SSSR count). The number of amides is 1. The Morgan fingerprint density at radius 2 is 2.00 bits per heavy atom. The van der Waals surface area contributed by atoms with Crippen LogP contribution in [0.2, 0.25) is 0 Å². The van der Waals surface area contributed by atoms with Crippen molar-refractivity contribution in [3.8, 4) is 0 Å². The molecule has 0 saturated heterocycles. The third-order valence-electron chi connectivity index (χ3n) is 3.09. The maximum atomic E-state index is 11.9. The van der Waals surface area contributed by atoms with E-state index < -0.39 is 0 Å². The largest absolute Gasteiger partial charge is 0.383 e. The van der Waals surface area contributed by atoms with Crippen molar-refractivity contribution in [2.45, 2.75) is 26.8 Å². The van der Waals surface area contributed by atoms with Crippen molar-refractivity contribution in [2.75, 3.05) is 25.6 Å². The van der Waals surface area contributed by atoms with E-state index in [1.165, 1.54) is 0 Å². The smallest absolute Gasteiger partial charge is 0.238 e. The van der Waals surface area contributed by atoms with Gasteiger partial charge in [0.05, 0.1) is 13.2 Å². The fourth-order valence-corrected chi connectivity index (χ4v) is 1.80. The summed E-state index contributed by atoms with van der Waals surface area (Å²) in [6.07, 6.45) is 0. The summed E-state index contributed by atoms with van der Waals surface area (Å²) < 4.78 is 5.14. The zero-order chi connectivity index (χ0) is 14.3. The molecule has 0 aliphatic carbocycles. The molecule has 4 nitrogen and oxygen atoms in total. The number of rotatable bonds is 7. The highest BCUT2D eigenvalue weighted by Gasteiger charge is 2.14. The predicted octanol–water partition coefficient (Wildman–Crippen LogP) is 2.19. The van der Waals surface area contributed by atoms with Gasteiger partial charge < -0.3 is 15.4 Å². The van der Waals surface area contributed by atoms with Crippen LogP contribution in [0.25, 0.3) is 0 Å². The van der Waals surface area contributed by atoms with Crippen LogP contribution in [0.5, 0.6) is 0 Å². The Morgan fingerprint density at radius 3 is 2.58 bits per heavy atom. The van der Waals surface area contributed by atoms with Crippen molar-refractivity contribution in [2.24, 2.45) is 5.92 Å². The molecule has 1 amide bonds. The van der Waals surface area contributed by atoms with Gasteiger partial charge in [0.25, 0.3) is 0 Å². The number of hydrogen-bond acceptors (Lipinski definition) is 3. The Bertz CT molecular complexity index is 405. The van der Waals surface area contributed by atoms with E-state index in [1.54, 1.807) is 7.11 Å². The highest BCUT2D eigenvalue weighted by atomic mass is 16.5. The number of carbonyl (C=O) groups excluding carboxylic acids is 1. The first-order valence-electron chi connectivity index (χ1n) is 6.62. The molecule has 0 bridgehead atoms. The van der Waals surface area contributed by atoms with E-state index in [-0.39, 0.29) is 11.9 Å². The van der Waals surface area contributed by atoms with Crippen LogP contribution >= 0.6 is 0 Å². The summed E-state index contributed by atoms with van der Waals surface area (Å²) in [7, 11) is 1.67. The highest BCUT2D eigenvalue weighted by molar-refractivity contribution is 5.92. The number of methoxy groups -OCH3 is 1. The normalized spacial score (nSPS) is 12.5. The van der Waals surface area contributed by atoms with E-state index in [9.17, 15) is 4.79 Å². The monoisotopic (exact) mass is 264 g/mol.